The van der Waals surface area contributed by atoms with Crippen molar-refractivity contribution >= 4 is 20.0 Å². The van der Waals surface area contributed by atoms with Gasteiger partial charge in [0, 0.05) is 0 Å². The van der Waals surface area contributed by atoms with E-state index in [1.807, 2.05) is 9.13 Å². The van der Waals surface area contributed by atoms with Gasteiger partial charge in [0.15, 0.2) is 26.1 Å². The number of imidazole rings is 1. The molecule has 0 unspecified atom stereocenters. The molecule has 9 nitrogen and oxygen atoms in total. The number of rotatable bonds is 7. The third-order valence-corrected chi connectivity index (χ3v) is 6.03. The average Bonchev–Trinajstić information content (AvgIpc) is 2.94. The van der Waals surface area contributed by atoms with Crippen LogP contribution in [0.4, 0.5) is 26.3 Å². The van der Waals surface area contributed by atoms with Crippen LogP contribution in [0.15, 0.2) is 6.20 Å². The van der Waals surface area contributed by atoms with Gasteiger partial charge < -0.3 is 4.13 Å². The van der Waals surface area contributed by atoms with Gasteiger partial charge in [-0.15, -0.1) is 0 Å². The highest BCUT2D eigenvalue weighted by molar-refractivity contribution is 8.13. The molecule has 0 bridgehead atoms. The van der Waals surface area contributed by atoms with Crippen molar-refractivity contribution in [2.45, 2.75) is 57.2 Å². The average molecular weight is 497 g/mol. The summed E-state index contributed by atoms with van der Waals surface area (Å²) in [4.78, 5) is 0. The second-order valence-electron chi connectivity index (χ2n) is 5.68. The van der Waals surface area contributed by atoms with E-state index < -0.39 is 31.1 Å². The first-order valence-corrected chi connectivity index (χ1v) is 11.2. The zero-order valence-electron chi connectivity index (χ0n) is 16.1. The SMILES string of the molecule is CCCCn1c(C#N)c[n+](CCC)c1C#N.O=S(=O)([N-]S(=O)(=O)C(F)(F)F)C(F)(F)F. The summed E-state index contributed by atoms with van der Waals surface area (Å²) in [6.45, 7) is 5.70. The predicted molar refractivity (Wildman–Crippen MR) is 92.6 cm³/mol. The molecular weight excluding hydrogens is 480 g/mol. The van der Waals surface area contributed by atoms with Crippen molar-refractivity contribution < 1.29 is 47.7 Å². The number of sulfonamides is 2. The lowest BCUT2D eigenvalue weighted by atomic mass is 10.3. The van der Waals surface area contributed by atoms with Gasteiger partial charge in [0.2, 0.25) is 5.69 Å². The fourth-order valence-electron chi connectivity index (χ4n) is 1.93. The van der Waals surface area contributed by atoms with Crippen LogP contribution in [-0.4, -0.2) is 32.4 Å². The molecule has 1 aromatic heterocycles. The molecular formula is C14H17F6N5O4S2. The molecule has 0 aromatic carbocycles. The Morgan fingerprint density at radius 1 is 0.968 bits per heavy atom. The molecule has 0 spiro atoms. The maximum atomic E-state index is 11.4. The third-order valence-electron chi connectivity index (χ3n) is 3.29. The maximum Gasteiger partial charge on any atom is 0.480 e. The molecule has 0 saturated heterocycles. The van der Waals surface area contributed by atoms with Crippen LogP contribution in [0.5, 0.6) is 0 Å². The summed E-state index contributed by atoms with van der Waals surface area (Å²) in [5.41, 5.74) is -11.8. The van der Waals surface area contributed by atoms with Crippen LogP contribution in [0.25, 0.3) is 4.13 Å². The van der Waals surface area contributed by atoms with E-state index in [0.717, 1.165) is 36.5 Å². The van der Waals surface area contributed by atoms with Crippen molar-refractivity contribution in [3.63, 3.8) is 0 Å². The van der Waals surface area contributed by atoms with Crippen molar-refractivity contribution in [3.05, 3.63) is 21.8 Å². The Morgan fingerprint density at radius 3 is 1.77 bits per heavy atom. The van der Waals surface area contributed by atoms with E-state index >= 15 is 0 Å². The number of hydrogen-bond donors (Lipinski definition) is 0. The van der Waals surface area contributed by atoms with E-state index in [-0.39, 0.29) is 0 Å². The van der Waals surface area contributed by atoms with Crippen molar-refractivity contribution in [3.8, 4) is 12.1 Å². The zero-order valence-corrected chi connectivity index (χ0v) is 17.7. The Bertz CT molecular complexity index is 1010. The topological polar surface area (TPSA) is 139 Å². The molecule has 1 heterocycles. The van der Waals surface area contributed by atoms with E-state index in [1.165, 1.54) is 0 Å². The van der Waals surface area contributed by atoms with E-state index in [0.29, 0.717) is 11.5 Å². The Hall–Kier alpha value is -2.37. The fourth-order valence-corrected chi connectivity index (χ4v) is 3.64. The van der Waals surface area contributed by atoms with Gasteiger partial charge in [0.1, 0.15) is 12.3 Å². The predicted octanol–water partition coefficient (Wildman–Crippen LogP) is 2.79. The lowest BCUT2D eigenvalue weighted by Crippen LogP contribution is -2.35. The molecule has 0 radical (unpaired) electrons. The van der Waals surface area contributed by atoms with Gasteiger partial charge >= 0.3 is 16.8 Å². The van der Waals surface area contributed by atoms with Crippen LogP contribution >= 0.6 is 0 Å². The Balaban J connectivity index is 0.000000582. The first-order valence-electron chi connectivity index (χ1n) is 8.29. The first kappa shape index (κ1) is 28.6. The molecule has 0 aliphatic rings. The summed E-state index contributed by atoms with van der Waals surface area (Å²) in [5.74, 6) is 0.590. The summed E-state index contributed by atoms with van der Waals surface area (Å²) in [6.07, 6.45) is 4.78. The monoisotopic (exact) mass is 497 g/mol. The maximum absolute atomic E-state index is 11.4. The minimum Gasteiger partial charge on any atom is -0.421 e. The standard InChI is InChI=1S/C12H17N4.C2F6NO4S2/c1-3-5-7-16-11(8-13)10-15(6-4-2)12(16)9-14;3-1(4,5)14(10,11)9-15(12,13)2(6,7)8/h10H,3-7H2,1-2H3;/q+1;-1. The largest absolute Gasteiger partial charge is 0.480 e. The van der Waals surface area contributed by atoms with Gasteiger partial charge in [-0.1, -0.05) is 20.3 Å². The zero-order chi connectivity index (χ0) is 24.7. The minimum atomic E-state index is -6.72. The molecule has 0 amide bonds. The molecule has 0 atom stereocenters. The number of halogens is 6. The molecule has 1 rings (SSSR count). The van der Waals surface area contributed by atoms with E-state index in [9.17, 15) is 43.2 Å². The highest BCUT2D eigenvalue weighted by Gasteiger charge is 2.46. The number of nitriles is 2. The number of aryl methyl sites for hydroxylation is 1. The third kappa shape index (κ3) is 7.67. The van der Waals surface area contributed by atoms with Gasteiger partial charge in [0.25, 0.3) is 0 Å². The Kier molecular flexibility index (Phi) is 9.96. The number of nitrogens with zero attached hydrogens (tertiary/aromatic N) is 5. The lowest BCUT2D eigenvalue weighted by molar-refractivity contribution is -0.699. The summed E-state index contributed by atoms with van der Waals surface area (Å²) >= 11 is 0. The quantitative estimate of drug-likeness (QED) is 0.419. The van der Waals surface area contributed by atoms with Crippen LogP contribution in [-0.2, 0) is 33.1 Å². The van der Waals surface area contributed by atoms with Crippen LogP contribution in [0.1, 0.15) is 44.6 Å². The van der Waals surface area contributed by atoms with Crippen LogP contribution < -0.4 is 4.57 Å². The second-order valence-corrected chi connectivity index (χ2v) is 9.10. The van der Waals surface area contributed by atoms with Crippen molar-refractivity contribution in [2.75, 3.05) is 0 Å². The van der Waals surface area contributed by atoms with Gasteiger partial charge in [0.05, 0.1) is 13.1 Å². The summed E-state index contributed by atoms with van der Waals surface area (Å²) in [5, 5.41) is 18.2. The van der Waals surface area contributed by atoms with Crippen LogP contribution in [0.3, 0.4) is 0 Å². The molecule has 0 fully saturated rings. The van der Waals surface area contributed by atoms with E-state index in [2.05, 4.69) is 26.0 Å². The fraction of sp³-hybridized carbons (Fsp3) is 0.643. The van der Waals surface area contributed by atoms with Crippen molar-refractivity contribution in [2.24, 2.45) is 0 Å². The molecule has 176 valence electrons. The Morgan fingerprint density at radius 2 is 1.45 bits per heavy atom. The lowest BCUT2D eigenvalue weighted by Gasteiger charge is -2.22. The number of hydrogen-bond acceptors (Lipinski definition) is 6. The first-order chi connectivity index (χ1) is 14.0. The molecule has 31 heavy (non-hydrogen) atoms. The van der Waals surface area contributed by atoms with E-state index in [4.69, 9.17) is 10.5 Å². The number of unbranched alkanes of at least 4 members (excludes halogenated alkanes) is 1. The minimum absolute atomic E-state index is 0.582. The molecule has 0 aliphatic carbocycles. The van der Waals surface area contributed by atoms with Gasteiger partial charge in [-0.25, -0.2) is 26.0 Å². The molecule has 0 aliphatic heterocycles. The summed E-state index contributed by atoms with van der Waals surface area (Å²) < 4.78 is 113. The number of alkyl halides is 6. The van der Waals surface area contributed by atoms with Gasteiger partial charge in [-0.3, -0.25) is 0 Å². The van der Waals surface area contributed by atoms with Crippen molar-refractivity contribution in [1.82, 2.24) is 4.57 Å². The molecule has 1 aromatic rings. The second kappa shape index (κ2) is 10.8. The highest BCUT2D eigenvalue weighted by atomic mass is 32.3. The summed E-state index contributed by atoms with van der Waals surface area (Å²) in [7, 11) is -13.4. The molecule has 17 heteroatoms. The van der Waals surface area contributed by atoms with Crippen LogP contribution in [0, 0.1) is 22.7 Å². The highest BCUT2D eigenvalue weighted by Crippen LogP contribution is 2.36. The van der Waals surface area contributed by atoms with Crippen LogP contribution in [0.2, 0.25) is 0 Å². The molecule has 0 saturated carbocycles. The molecule has 0 N–H and O–H groups in total. The summed E-state index contributed by atoms with van der Waals surface area (Å²) in [6, 6.07) is 4.34. The Labute approximate surface area is 174 Å². The van der Waals surface area contributed by atoms with Gasteiger partial charge in [-0.05, 0) is 12.8 Å². The van der Waals surface area contributed by atoms with Crippen molar-refractivity contribution in [1.29, 1.82) is 10.5 Å². The normalized spacial score (nSPS) is 12.5. The smallest absolute Gasteiger partial charge is 0.421 e. The number of aromatic nitrogens is 2. The van der Waals surface area contributed by atoms with E-state index in [1.54, 1.807) is 6.20 Å². The van der Waals surface area contributed by atoms with Gasteiger partial charge in [-0.2, -0.15) is 36.9 Å².